The Labute approximate surface area is 129 Å². The van der Waals surface area contributed by atoms with E-state index in [-0.39, 0.29) is 10.6 Å². The van der Waals surface area contributed by atoms with Crippen LogP contribution in [-0.4, -0.2) is 54.0 Å². The van der Waals surface area contributed by atoms with Gasteiger partial charge in [0.05, 0.1) is 18.1 Å². The number of carboxylic acids is 1. The molecule has 0 aliphatic rings. The molecule has 10 heteroatoms. The van der Waals surface area contributed by atoms with Crippen LogP contribution in [0.25, 0.3) is 0 Å². The predicted octanol–water partition coefficient (Wildman–Crippen LogP) is 0.714. The Morgan fingerprint density at radius 3 is 2.71 bits per heavy atom. The molecule has 0 saturated heterocycles. The summed E-state index contributed by atoms with van der Waals surface area (Å²) in [6.45, 7) is 2.25. The van der Waals surface area contributed by atoms with E-state index < -0.39 is 17.9 Å². The number of methoxy groups -OCH3 is 1. The van der Waals surface area contributed by atoms with Crippen LogP contribution in [0, 0.1) is 6.92 Å². The Bertz CT molecular complexity index is 532. The fourth-order valence-corrected chi connectivity index (χ4v) is 3.06. The lowest BCUT2D eigenvalue weighted by Crippen LogP contribution is -2.41. The summed E-state index contributed by atoms with van der Waals surface area (Å²) in [5.74, 6) is -1.55. The van der Waals surface area contributed by atoms with Crippen molar-refractivity contribution in [3.63, 3.8) is 0 Å². The molecule has 21 heavy (non-hydrogen) atoms. The minimum Gasteiger partial charge on any atom is -0.477 e. The molecule has 1 aromatic rings. The molecule has 0 bridgehead atoms. The number of carboxylic acid groups (broad SMARTS) is 1. The van der Waals surface area contributed by atoms with Gasteiger partial charge in [-0.15, -0.1) is 11.3 Å². The number of carbonyl (C=O) groups excluding carboxylic acids is 2. The van der Waals surface area contributed by atoms with Crippen LogP contribution in [0.3, 0.4) is 0 Å². The van der Waals surface area contributed by atoms with Crippen LogP contribution >= 0.6 is 23.1 Å². The number of imide groups is 1. The summed E-state index contributed by atoms with van der Waals surface area (Å²) in [4.78, 5) is 37.9. The lowest BCUT2D eigenvalue weighted by atomic mass is 10.4. The summed E-state index contributed by atoms with van der Waals surface area (Å²) >= 11 is 2.08. The lowest BCUT2D eigenvalue weighted by molar-refractivity contribution is -0.117. The van der Waals surface area contributed by atoms with Crippen LogP contribution in [0.2, 0.25) is 0 Å². The Morgan fingerprint density at radius 1 is 1.43 bits per heavy atom. The van der Waals surface area contributed by atoms with E-state index in [1.54, 1.807) is 6.92 Å². The minimum absolute atomic E-state index is 0.0241. The Kier molecular flexibility index (Phi) is 7.12. The summed E-state index contributed by atoms with van der Waals surface area (Å²) in [5.41, 5.74) is 0.410. The first-order chi connectivity index (χ1) is 9.93. The fraction of sp³-hybridized carbons (Fsp3) is 0.455. The maximum Gasteiger partial charge on any atom is 0.347 e. The first-order valence-corrected chi connectivity index (χ1v) is 7.64. The maximum atomic E-state index is 11.5. The average Bonchev–Trinajstić information content (AvgIpc) is 2.78. The number of rotatable bonds is 7. The van der Waals surface area contributed by atoms with Crippen LogP contribution < -0.4 is 10.6 Å². The van der Waals surface area contributed by atoms with E-state index in [2.05, 4.69) is 15.6 Å². The highest BCUT2D eigenvalue weighted by molar-refractivity contribution is 8.01. The molecule has 0 radical (unpaired) electrons. The van der Waals surface area contributed by atoms with Crippen LogP contribution in [0.15, 0.2) is 4.34 Å². The number of amides is 3. The van der Waals surface area contributed by atoms with Crippen molar-refractivity contribution in [3.8, 4) is 0 Å². The van der Waals surface area contributed by atoms with E-state index in [0.29, 0.717) is 23.2 Å². The molecule has 0 atom stereocenters. The molecule has 0 fully saturated rings. The number of hydrogen-bond acceptors (Lipinski definition) is 7. The first-order valence-electron chi connectivity index (χ1n) is 5.84. The molecule has 1 aromatic heterocycles. The number of carbonyl (C=O) groups is 3. The number of aromatic nitrogens is 1. The van der Waals surface area contributed by atoms with E-state index in [0.717, 1.165) is 23.1 Å². The summed E-state index contributed by atoms with van der Waals surface area (Å²) in [6.07, 6.45) is 0. The van der Waals surface area contributed by atoms with Gasteiger partial charge in [-0.3, -0.25) is 10.1 Å². The third-order valence-corrected chi connectivity index (χ3v) is 4.43. The SMILES string of the molecule is COCCNC(=O)NC(=O)CSc1nc(C)c(C(=O)O)s1. The van der Waals surface area contributed by atoms with Crippen molar-refractivity contribution in [1.29, 1.82) is 0 Å². The number of thiazole rings is 1. The third kappa shape index (κ3) is 6.10. The van der Waals surface area contributed by atoms with Gasteiger partial charge in [-0.2, -0.15) is 0 Å². The molecule has 0 aliphatic carbocycles. The van der Waals surface area contributed by atoms with Gasteiger partial charge >= 0.3 is 12.0 Å². The number of aromatic carboxylic acids is 1. The Morgan fingerprint density at radius 2 is 2.14 bits per heavy atom. The van der Waals surface area contributed by atoms with Crippen LogP contribution in [0.1, 0.15) is 15.4 Å². The van der Waals surface area contributed by atoms with Crippen molar-refractivity contribution in [2.75, 3.05) is 26.0 Å². The molecular formula is C11H15N3O5S2. The maximum absolute atomic E-state index is 11.5. The second-order valence-corrected chi connectivity index (χ2v) is 6.01. The van der Waals surface area contributed by atoms with Gasteiger partial charge in [0.25, 0.3) is 0 Å². The Hall–Kier alpha value is -1.65. The average molecular weight is 333 g/mol. The number of urea groups is 1. The molecule has 0 spiro atoms. The van der Waals surface area contributed by atoms with Crippen molar-refractivity contribution in [1.82, 2.24) is 15.6 Å². The molecule has 3 N–H and O–H groups in total. The first kappa shape index (κ1) is 17.4. The topological polar surface area (TPSA) is 118 Å². The van der Waals surface area contributed by atoms with E-state index in [1.807, 2.05) is 0 Å². The molecule has 0 saturated carbocycles. The standard InChI is InChI=1S/C11H15N3O5S2/c1-6-8(9(16)17)21-11(13-6)20-5-7(15)14-10(18)12-3-4-19-2/h3-5H2,1-2H3,(H,16,17)(H2,12,14,15,18). The number of nitrogens with zero attached hydrogens (tertiary/aromatic N) is 1. The second-order valence-electron chi connectivity index (χ2n) is 3.79. The smallest absolute Gasteiger partial charge is 0.347 e. The number of ether oxygens (including phenoxy) is 1. The molecular weight excluding hydrogens is 318 g/mol. The van der Waals surface area contributed by atoms with Gasteiger partial charge in [0.2, 0.25) is 5.91 Å². The molecule has 0 aliphatic heterocycles. The highest BCUT2D eigenvalue weighted by Gasteiger charge is 2.15. The highest BCUT2D eigenvalue weighted by atomic mass is 32.2. The lowest BCUT2D eigenvalue weighted by Gasteiger charge is -2.05. The zero-order valence-electron chi connectivity index (χ0n) is 11.5. The molecule has 3 amide bonds. The highest BCUT2D eigenvalue weighted by Crippen LogP contribution is 2.26. The third-order valence-electron chi connectivity index (χ3n) is 2.14. The van der Waals surface area contributed by atoms with Crippen molar-refractivity contribution in [2.24, 2.45) is 0 Å². The normalized spacial score (nSPS) is 10.2. The number of hydrogen-bond donors (Lipinski definition) is 3. The van der Waals surface area contributed by atoms with E-state index in [1.165, 1.54) is 7.11 Å². The number of aryl methyl sites for hydroxylation is 1. The number of nitrogens with one attached hydrogen (secondary N) is 2. The monoisotopic (exact) mass is 333 g/mol. The van der Waals surface area contributed by atoms with Crippen LogP contribution in [0.4, 0.5) is 4.79 Å². The summed E-state index contributed by atoms with van der Waals surface area (Å²) < 4.78 is 5.22. The van der Waals surface area contributed by atoms with Crippen molar-refractivity contribution in [3.05, 3.63) is 10.6 Å². The van der Waals surface area contributed by atoms with Gasteiger partial charge in [0.1, 0.15) is 4.88 Å². The predicted molar refractivity (Wildman–Crippen MR) is 78.0 cm³/mol. The minimum atomic E-state index is -1.04. The van der Waals surface area contributed by atoms with Gasteiger partial charge in [0, 0.05) is 13.7 Å². The quantitative estimate of drug-likeness (QED) is 0.497. The van der Waals surface area contributed by atoms with Gasteiger partial charge in [0.15, 0.2) is 4.34 Å². The van der Waals surface area contributed by atoms with Crippen LogP contribution in [-0.2, 0) is 9.53 Å². The summed E-state index contributed by atoms with van der Waals surface area (Å²) in [6, 6.07) is -0.598. The van der Waals surface area contributed by atoms with Crippen LogP contribution in [0.5, 0.6) is 0 Å². The summed E-state index contributed by atoms with van der Waals surface area (Å²) in [7, 11) is 1.50. The van der Waals surface area contributed by atoms with Gasteiger partial charge in [-0.25, -0.2) is 14.6 Å². The zero-order valence-corrected chi connectivity index (χ0v) is 13.1. The molecule has 0 aromatic carbocycles. The van der Waals surface area contributed by atoms with Gasteiger partial charge < -0.3 is 15.2 Å². The zero-order chi connectivity index (χ0) is 15.8. The van der Waals surface area contributed by atoms with Crippen molar-refractivity contribution >= 4 is 41.0 Å². The largest absolute Gasteiger partial charge is 0.477 e. The molecule has 8 nitrogen and oxygen atoms in total. The number of thioether (sulfide) groups is 1. The summed E-state index contributed by atoms with van der Waals surface area (Å²) in [5, 5.41) is 13.5. The van der Waals surface area contributed by atoms with E-state index in [9.17, 15) is 14.4 Å². The van der Waals surface area contributed by atoms with E-state index >= 15 is 0 Å². The van der Waals surface area contributed by atoms with Gasteiger partial charge in [-0.1, -0.05) is 11.8 Å². The molecule has 0 unspecified atom stereocenters. The molecule has 1 rings (SSSR count). The Balaban J connectivity index is 2.37. The second kappa shape index (κ2) is 8.60. The van der Waals surface area contributed by atoms with Crippen molar-refractivity contribution < 1.29 is 24.2 Å². The van der Waals surface area contributed by atoms with Gasteiger partial charge in [-0.05, 0) is 6.92 Å². The fourth-order valence-electron chi connectivity index (χ4n) is 1.23. The molecule has 116 valence electrons. The molecule has 1 heterocycles. The van der Waals surface area contributed by atoms with Crippen molar-refractivity contribution in [2.45, 2.75) is 11.3 Å². The van der Waals surface area contributed by atoms with E-state index in [4.69, 9.17) is 9.84 Å².